The molecule has 0 aromatic carbocycles. The number of nitrogens with zero attached hydrogens (tertiary/aromatic N) is 1. The summed E-state index contributed by atoms with van der Waals surface area (Å²) in [5.74, 6) is 0.145. The Morgan fingerprint density at radius 3 is 2.76 bits per heavy atom. The Balaban J connectivity index is 2.00. The number of ether oxygens (including phenoxy) is 1. The number of rotatable bonds is 8. The summed E-state index contributed by atoms with van der Waals surface area (Å²) in [6.45, 7) is 5.91. The minimum absolute atomic E-state index is 0.0612. The lowest BCUT2D eigenvalue weighted by Crippen LogP contribution is -2.33. The average molecular weight is 238 g/mol. The van der Waals surface area contributed by atoms with Gasteiger partial charge in [0, 0.05) is 19.8 Å². The number of hydrogen-bond donors (Lipinski definition) is 1. The topological polar surface area (TPSA) is 62.1 Å². The van der Waals surface area contributed by atoms with Gasteiger partial charge in [0.25, 0.3) is 0 Å². The second kappa shape index (κ2) is 7.29. The molecule has 17 heavy (non-hydrogen) atoms. The van der Waals surface area contributed by atoms with Crippen LogP contribution < -0.4 is 5.32 Å². The maximum absolute atomic E-state index is 11.6. The molecule has 1 fully saturated rings. The third kappa shape index (κ3) is 5.69. The normalized spacial score (nSPS) is 16.6. The largest absolute Gasteiger partial charge is 0.381 e. The fourth-order valence-corrected chi connectivity index (χ4v) is 1.54. The summed E-state index contributed by atoms with van der Waals surface area (Å²) in [5.41, 5.74) is 0. The predicted octanol–water partition coefficient (Wildman–Crippen LogP) is 1.72. The lowest BCUT2D eigenvalue weighted by Gasteiger charge is -2.12. The zero-order chi connectivity index (χ0) is 12.7. The van der Waals surface area contributed by atoms with Crippen molar-refractivity contribution in [3.63, 3.8) is 0 Å². The number of amides is 1. The molecular weight excluding hydrogens is 216 g/mol. The second-order valence-electron chi connectivity index (χ2n) is 5.01. The van der Waals surface area contributed by atoms with E-state index < -0.39 is 5.92 Å². The summed E-state index contributed by atoms with van der Waals surface area (Å²) in [6.07, 6.45) is 3.42. The van der Waals surface area contributed by atoms with Gasteiger partial charge >= 0.3 is 0 Å². The van der Waals surface area contributed by atoms with Crippen molar-refractivity contribution in [1.82, 2.24) is 5.32 Å². The third-order valence-corrected chi connectivity index (χ3v) is 2.90. The van der Waals surface area contributed by atoms with Gasteiger partial charge in [0.1, 0.15) is 5.92 Å². The summed E-state index contributed by atoms with van der Waals surface area (Å²) in [5, 5.41) is 11.6. The lowest BCUT2D eigenvalue weighted by atomic mass is 9.97. The lowest BCUT2D eigenvalue weighted by molar-refractivity contribution is -0.124. The Morgan fingerprint density at radius 2 is 2.24 bits per heavy atom. The molecule has 0 aromatic heterocycles. The Bertz CT molecular complexity index is 280. The Hall–Kier alpha value is -1.08. The first kappa shape index (κ1) is 14.0. The van der Waals surface area contributed by atoms with E-state index in [2.05, 4.69) is 5.32 Å². The van der Waals surface area contributed by atoms with E-state index >= 15 is 0 Å². The van der Waals surface area contributed by atoms with E-state index in [9.17, 15) is 4.79 Å². The van der Waals surface area contributed by atoms with Gasteiger partial charge in [-0.25, -0.2) is 0 Å². The number of carbonyl (C=O) groups is 1. The molecule has 0 aromatic rings. The summed E-state index contributed by atoms with van der Waals surface area (Å²) in [7, 11) is 0. The molecule has 0 spiro atoms. The summed E-state index contributed by atoms with van der Waals surface area (Å²) in [4.78, 5) is 11.6. The molecule has 0 heterocycles. The molecular formula is C13H22N2O2. The minimum atomic E-state index is -0.539. The van der Waals surface area contributed by atoms with Crippen molar-refractivity contribution in [2.45, 2.75) is 33.1 Å². The van der Waals surface area contributed by atoms with Gasteiger partial charge in [-0.1, -0.05) is 13.8 Å². The molecule has 0 saturated heterocycles. The smallest absolute Gasteiger partial charge is 0.237 e. The van der Waals surface area contributed by atoms with Crippen LogP contribution in [-0.2, 0) is 9.53 Å². The van der Waals surface area contributed by atoms with E-state index in [4.69, 9.17) is 10.00 Å². The van der Waals surface area contributed by atoms with Gasteiger partial charge in [0.15, 0.2) is 0 Å². The van der Waals surface area contributed by atoms with Crippen molar-refractivity contribution < 1.29 is 9.53 Å². The van der Waals surface area contributed by atoms with Crippen molar-refractivity contribution in [1.29, 1.82) is 5.26 Å². The highest BCUT2D eigenvalue weighted by Crippen LogP contribution is 2.28. The molecule has 4 nitrogen and oxygen atoms in total. The summed E-state index contributed by atoms with van der Waals surface area (Å²) < 4.78 is 5.46. The molecule has 96 valence electrons. The fraction of sp³-hybridized carbons (Fsp3) is 0.846. The van der Waals surface area contributed by atoms with Crippen molar-refractivity contribution in [3.05, 3.63) is 0 Å². The van der Waals surface area contributed by atoms with Crippen LogP contribution in [0.1, 0.15) is 33.1 Å². The van der Waals surface area contributed by atoms with Crippen LogP contribution in [0.3, 0.4) is 0 Å². The van der Waals surface area contributed by atoms with Crippen molar-refractivity contribution in [2.75, 3.05) is 19.8 Å². The molecule has 0 bridgehead atoms. The van der Waals surface area contributed by atoms with Gasteiger partial charge in [-0.05, 0) is 31.1 Å². The zero-order valence-electron chi connectivity index (χ0n) is 10.7. The molecule has 1 aliphatic rings. The Morgan fingerprint density at radius 1 is 1.53 bits per heavy atom. The van der Waals surface area contributed by atoms with E-state index in [1.807, 2.05) is 19.9 Å². The maximum Gasteiger partial charge on any atom is 0.237 e. The summed E-state index contributed by atoms with van der Waals surface area (Å²) in [6, 6.07) is 2.03. The van der Waals surface area contributed by atoms with Gasteiger partial charge in [0.2, 0.25) is 5.91 Å². The van der Waals surface area contributed by atoms with E-state index in [0.29, 0.717) is 13.2 Å². The Labute approximate surface area is 103 Å². The molecule has 1 saturated carbocycles. The standard InChI is InChI=1S/C13H22N2O2/c1-10(2)12(8-14)13(16)15-6-3-7-17-9-11-4-5-11/h10-12H,3-7,9H2,1-2H3,(H,15,16). The van der Waals surface area contributed by atoms with Gasteiger partial charge in [-0.2, -0.15) is 5.26 Å². The zero-order valence-corrected chi connectivity index (χ0v) is 10.7. The Kier molecular flexibility index (Phi) is 5.99. The second-order valence-corrected chi connectivity index (χ2v) is 5.01. The van der Waals surface area contributed by atoms with Gasteiger partial charge in [-0.15, -0.1) is 0 Å². The number of nitrogens with one attached hydrogen (secondary N) is 1. The third-order valence-electron chi connectivity index (χ3n) is 2.90. The SMILES string of the molecule is CC(C)C(C#N)C(=O)NCCCOCC1CC1. The monoisotopic (exact) mass is 238 g/mol. The van der Waals surface area contributed by atoms with Gasteiger partial charge in [0.05, 0.1) is 6.07 Å². The van der Waals surface area contributed by atoms with Crippen LogP contribution in [0.5, 0.6) is 0 Å². The fourth-order valence-electron chi connectivity index (χ4n) is 1.54. The molecule has 1 rings (SSSR count). The number of nitriles is 1. The summed E-state index contributed by atoms with van der Waals surface area (Å²) >= 11 is 0. The van der Waals surface area contributed by atoms with Crippen LogP contribution in [0.15, 0.2) is 0 Å². The van der Waals surface area contributed by atoms with Crippen LogP contribution in [0.25, 0.3) is 0 Å². The van der Waals surface area contributed by atoms with Gasteiger partial charge < -0.3 is 10.1 Å². The van der Waals surface area contributed by atoms with E-state index in [-0.39, 0.29) is 11.8 Å². The van der Waals surface area contributed by atoms with Crippen LogP contribution in [0.2, 0.25) is 0 Å². The maximum atomic E-state index is 11.6. The molecule has 0 radical (unpaired) electrons. The minimum Gasteiger partial charge on any atom is -0.381 e. The van der Waals surface area contributed by atoms with Crippen LogP contribution in [-0.4, -0.2) is 25.7 Å². The van der Waals surface area contributed by atoms with Crippen LogP contribution >= 0.6 is 0 Å². The predicted molar refractivity (Wildman–Crippen MR) is 65.1 cm³/mol. The quantitative estimate of drug-likeness (QED) is 0.655. The van der Waals surface area contributed by atoms with Crippen molar-refractivity contribution in [2.24, 2.45) is 17.8 Å². The molecule has 1 aliphatic carbocycles. The van der Waals surface area contributed by atoms with E-state index in [1.54, 1.807) is 0 Å². The van der Waals surface area contributed by atoms with E-state index in [1.165, 1.54) is 12.8 Å². The van der Waals surface area contributed by atoms with Gasteiger partial charge in [-0.3, -0.25) is 4.79 Å². The highest BCUT2D eigenvalue weighted by molar-refractivity contribution is 5.81. The molecule has 1 N–H and O–H groups in total. The molecule has 1 amide bonds. The highest BCUT2D eigenvalue weighted by Gasteiger charge is 2.21. The average Bonchev–Trinajstić information content (AvgIpc) is 3.07. The molecule has 0 aliphatic heterocycles. The highest BCUT2D eigenvalue weighted by atomic mass is 16.5. The van der Waals surface area contributed by atoms with Crippen LogP contribution in [0, 0.1) is 29.1 Å². The first-order valence-electron chi connectivity index (χ1n) is 6.40. The van der Waals surface area contributed by atoms with Crippen molar-refractivity contribution in [3.8, 4) is 6.07 Å². The van der Waals surface area contributed by atoms with Crippen LogP contribution in [0.4, 0.5) is 0 Å². The first-order chi connectivity index (χ1) is 8.15. The molecule has 4 heteroatoms. The first-order valence-corrected chi connectivity index (χ1v) is 6.40. The van der Waals surface area contributed by atoms with Crippen molar-refractivity contribution >= 4 is 5.91 Å². The number of hydrogen-bond acceptors (Lipinski definition) is 3. The number of carbonyl (C=O) groups excluding carboxylic acids is 1. The molecule has 1 unspecified atom stereocenters. The molecule has 1 atom stereocenters. The van der Waals surface area contributed by atoms with E-state index in [0.717, 1.165) is 18.9 Å².